The summed E-state index contributed by atoms with van der Waals surface area (Å²) in [7, 11) is 1.39. The van der Waals surface area contributed by atoms with Gasteiger partial charge in [0.05, 0.1) is 37.6 Å². The maximum atomic E-state index is 11.0. The number of imidazole rings is 1. The Morgan fingerprint density at radius 1 is 1.59 bits per heavy atom. The minimum atomic E-state index is -0.206. The first-order valence-electron chi connectivity index (χ1n) is 5.23. The summed E-state index contributed by atoms with van der Waals surface area (Å²) >= 11 is 1.62. The SMILES string of the molecule is COC(=O)CCc1cn(Cc2cncs2)cn1. The number of hydrogen-bond acceptors (Lipinski definition) is 5. The Labute approximate surface area is 103 Å². The van der Waals surface area contributed by atoms with E-state index in [0.29, 0.717) is 12.8 Å². The molecular weight excluding hydrogens is 238 g/mol. The third-order valence-electron chi connectivity index (χ3n) is 2.32. The zero-order valence-corrected chi connectivity index (χ0v) is 10.3. The van der Waals surface area contributed by atoms with Gasteiger partial charge in [-0.05, 0) is 0 Å². The highest BCUT2D eigenvalue weighted by Crippen LogP contribution is 2.09. The average Bonchev–Trinajstić information content (AvgIpc) is 2.98. The molecule has 2 aromatic heterocycles. The Bertz CT molecular complexity index is 479. The van der Waals surface area contributed by atoms with Gasteiger partial charge in [-0.3, -0.25) is 9.78 Å². The van der Waals surface area contributed by atoms with Crippen molar-refractivity contribution in [2.24, 2.45) is 0 Å². The number of ether oxygens (including phenoxy) is 1. The molecule has 0 aliphatic heterocycles. The maximum Gasteiger partial charge on any atom is 0.305 e. The fourth-order valence-electron chi connectivity index (χ4n) is 1.45. The van der Waals surface area contributed by atoms with E-state index in [4.69, 9.17) is 0 Å². The molecule has 6 heteroatoms. The Morgan fingerprint density at radius 2 is 2.47 bits per heavy atom. The molecule has 0 saturated carbocycles. The van der Waals surface area contributed by atoms with Crippen LogP contribution < -0.4 is 0 Å². The second-order valence-corrected chi connectivity index (χ2v) is 4.55. The van der Waals surface area contributed by atoms with E-state index in [2.05, 4.69) is 14.7 Å². The lowest BCUT2D eigenvalue weighted by molar-refractivity contribution is -0.140. The number of esters is 1. The molecule has 90 valence electrons. The summed E-state index contributed by atoms with van der Waals surface area (Å²) in [5.41, 5.74) is 2.71. The van der Waals surface area contributed by atoms with Crippen LogP contribution in [0.1, 0.15) is 17.0 Å². The van der Waals surface area contributed by atoms with E-state index in [1.54, 1.807) is 17.7 Å². The average molecular weight is 251 g/mol. The van der Waals surface area contributed by atoms with Crippen LogP contribution >= 0.6 is 11.3 Å². The van der Waals surface area contributed by atoms with E-state index in [-0.39, 0.29) is 5.97 Å². The van der Waals surface area contributed by atoms with Gasteiger partial charge in [0.2, 0.25) is 0 Å². The molecule has 0 radical (unpaired) electrons. The van der Waals surface area contributed by atoms with Crippen LogP contribution in [0, 0.1) is 0 Å². The molecule has 2 heterocycles. The minimum absolute atomic E-state index is 0.206. The predicted molar refractivity (Wildman–Crippen MR) is 63.8 cm³/mol. The van der Waals surface area contributed by atoms with Gasteiger partial charge in [0.25, 0.3) is 0 Å². The summed E-state index contributed by atoms with van der Waals surface area (Å²) in [6.45, 7) is 0.774. The van der Waals surface area contributed by atoms with Gasteiger partial charge >= 0.3 is 5.97 Å². The Kier molecular flexibility index (Phi) is 3.87. The number of methoxy groups -OCH3 is 1. The summed E-state index contributed by atoms with van der Waals surface area (Å²) in [5.74, 6) is -0.206. The summed E-state index contributed by atoms with van der Waals surface area (Å²) in [5, 5.41) is 0. The lowest BCUT2D eigenvalue weighted by atomic mass is 10.2. The van der Waals surface area contributed by atoms with Crippen molar-refractivity contribution >= 4 is 17.3 Å². The molecule has 2 aromatic rings. The van der Waals surface area contributed by atoms with Crippen molar-refractivity contribution in [1.82, 2.24) is 14.5 Å². The number of rotatable bonds is 5. The Hall–Kier alpha value is -1.69. The minimum Gasteiger partial charge on any atom is -0.469 e. The Morgan fingerprint density at radius 3 is 3.18 bits per heavy atom. The molecule has 0 aromatic carbocycles. The first-order chi connectivity index (χ1) is 8.28. The quantitative estimate of drug-likeness (QED) is 0.755. The molecule has 2 rings (SSSR count). The van der Waals surface area contributed by atoms with Gasteiger partial charge in [0.15, 0.2) is 0 Å². The van der Waals surface area contributed by atoms with Gasteiger partial charge in [0.1, 0.15) is 0 Å². The molecule has 0 unspecified atom stereocenters. The normalized spacial score (nSPS) is 10.4. The zero-order chi connectivity index (χ0) is 12.1. The van der Waals surface area contributed by atoms with E-state index >= 15 is 0 Å². The molecule has 0 N–H and O–H groups in total. The van der Waals surface area contributed by atoms with E-state index in [9.17, 15) is 4.79 Å². The molecule has 0 spiro atoms. The molecule has 0 fully saturated rings. The maximum absolute atomic E-state index is 11.0. The van der Waals surface area contributed by atoms with Gasteiger partial charge < -0.3 is 9.30 Å². The second kappa shape index (κ2) is 5.58. The molecule has 0 atom stereocenters. The smallest absolute Gasteiger partial charge is 0.305 e. The van der Waals surface area contributed by atoms with Crippen molar-refractivity contribution in [1.29, 1.82) is 0 Å². The van der Waals surface area contributed by atoms with Crippen molar-refractivity contribution in [3.63, 3.8) is 0 Å². The molecule has 17 heavy (non-hydrogen) atoms. The molecular formula is C11H13N3O2S. The largest absolute Gasteiger partial charge is 0.469 e. The predicted octanol–water partition coefficient (Wildman–Crippen LogP) is 1.49. The fraction of sp³-hybridized carbons (Fsp3) is 0.364. The standard InChI is InChI=1S/C11H13N3O2S/c1-16-11(15)3-2-9-5-14(7-13-9)6-10-4-12-8-17-10/h4-5,7-8H,2-3,6H2,1H3. The topological polar surface area (TPSA) is 57.0 Å². The fourth-order valence-corrected chi connectivity index (χ4v) is 2.06. The van der Waals surface area contributed by atoms with Gasteiger partial charge in [0, 0.05) is 23.7 Å². The molecule has 0 aliphatic carbocycles. The summed E-state index contributed by atoms with van der Waals surface area (Å²) < 4.78 is 6.57. The van der Waals surface area contributed by atoms with Crippen LogP contribution in [-0.2, 0) is 22.5 Å². The van der Waals surface area contributed by atoms with Crippen molar-refractivity contribution in [3.05, 3.63) is 34.8 Å². The van der Waals surface area contributed by atoms with Gasteiger partial charge in [-0.2, -0.15) is 0 Å². The highest BCUT2D eigenvalue weighted by molar-refractivity contribution is 7.09. The molecule has 0 amide bonds. The van der Waals surface area contributed by atoms with Crippen molar-refractivity contribution in [2.75, 3.05) is 7.11 Å². The first kappa shape index (κ1) is 11.8. The molecule has 0 bridgehead atoms. The number of aromatic nitrogens is 3. The van der Waals surface area contributed by atoms with Crippen molar-refractivity contribution < 1.29 is 9.53 Å². The van der Waals surface area contributed by atoms with Crippen LogP contribution in [0.2, 0.25) is 0 Å². The number of thiazole rings is 1. The lowest BCUT2D eigenvalue weighted by Gasteiger charge is -1.97. The van der Waals surface area contributed by atoms with Crippen LogP contribution in [0.4, 0.5) is 0 Å². The van der Waals surface area contributed by atoms with Crippen molar-refractivity contribution in [3.8, 4) is 0 Å². The molecule has 0 saturated heterocycles. The lowest BCUT2D eigenvalue weighted by Crippen LogP contribution is -2.02. The monoisotopic (exact) mass is 251 g/mol. The highest BCUT2D eigenvalue weighted by atomic mass is 32.1. The van der Waals surface area contributed by atoms with E-state index < -0.39 is 0 Å². The number of nitrogens with zero attached hydrogens (tertiary/aromatic N) is 3. The highest BCUT2D eigenvalue weighted by Gasteiger charge is 2.04. The number of carbonyl (C=O) groups is 1. The summed E-state index contributed by atoms with van der Waals surface area (Å²) in [6, 6.07) is 0. The summed E-state index contributed by atoms with van der Waals surface area (Å²) in [6.07, 6.45) is 6.55. The zero-order valence-electron chi connectivity index (χ0n) is 9.50. The van der Waals surface area contributed by atoms with E-state index in [1.807, 2.05) is 22.5 Å². The van der Waals surface area contributed by atoms with Crippen LogP contribution in [0.3, 0.4) is 0 Å². The van der Waals surface area contributed by atoms with Gasteiger partial charge in [-0.25, -0.2) is 4.98 Å². The van der Waals surface area contributed by atoms with E-state index in [0.717, 1.165) is 12.2 Å². The van der Waals surface area contributed by atoms with Crippen LogP contribution in [-0.4, -0.2) is 27.6 Å². The summed E-state index contributed by atoms with van der Waals surface area (Å²) in [4.78, 5) is 20.4. The number of aryl methyl sites for hydroxylation is 1. The van der Waals surface area contributed by atoms with Gasteiger partial charge in [-0.1, -0.05) is 0 Å². The van der Waals surface area contributed by atoms with Crippen LogP contribution in [0.15, 0.2) is 24.2 Å². The third-order valence-corrected chi connectivity index (χ3v) is 3.09. The number of carbonyl (C=O) groups excluding carboxylic acids is 1. The van der Waals surface area contributed by atoms with Crippen LogP contribution in [0.5, 0.6) is 0 Å². The molecule has 5 nitrogen and oxygen atoms in total. The van der Waals surface area contributed by atoms with Gasteiger partial charge in [-0.15, -0.1) is 11.3 Å². The van der Waals surface area contributed by atoms with E-state index in [1.165, 1.54) is 12.0 Å². The second-order valence-electron chi connectivity index (χ2n) is 3.58. The first-order valence-corrected chi connectivity index (χ1v) is 6.10. The Balaban J connectivity index is 1.90. The number of hydrogen-bond donors (Lipinski definition) is 0. The third kappa shape index (κ3) is 3.39. The molecule has 0 aliphatic rings. The van der Waals surface area contributed by atoms with Crippen molar-refractivity contribution in [2.45, 2.75) is 19.4 Å². The van der Waals surface area contributed by atoms with Crippen LogP contribution in [0.25, 0.3) is 0 Å².